The van der Waals surface area contributed by atoms with Crippen LogP contribution in [0, 0.1) is 11.3 Å². The van der Waals surface area contributed by atoms with Gasteiger partial charge in [0.05, 0.1) is 11.6 Å². The van der Waals surface area contributed by atoms with Gasteiger partial charge in [-0.3, -0.25) is 4.79 Å². The SMILES string of the molecule is C[C@@]1(c2cccc(C(F)(F)F)c2)NC(=O)N(CC#N)C1=O. The van der Waals surface area contributed by atoms with Crippen LogP contribution in [-0.4, -0.2) is 23.4 Å². The summed E-state index contributed by atoms with van der Waals surface area (Å²) in [6, 6.07) is 5.03. The van der Waals surface area contributed by atoms with E-state index in [1.54, 1.807) is 6.07 Å². The van der Waals surface area contributed by atoms with Crippen LogP contribution < -0.4 is 5.32 Å². The quantitative estimate of drug-likeness (QED) is 0.670. The van der Waals surface area contributed by atoms with E-state index in [1.807, 2.05) is 0 Å². The zero-order valence-electron chi connectivity index (χ0n) is 10.9. The summed E-state index contributed by atoms with van der Waals surface area (Å²) in [6.45, 7) is 0.847. The van der Waals surface area contributed by atoms with Crippen molar-refractivity contribution in [2.24, 2.45) is 0 Å². The number of carbonyl (C=O) groups is 2. The third-order valence-corrected chi connectivity index (χ3v) is 3.27. The molecule has 1 fully saturated rings. The number of urea groups is 1. The van der Waals surface area contributed by atoms with Crippen molar-refractivity contribution in [3.8, 4) is 6.07 Å². The van der Waals surface area contributed by atoms with Crippen molar-refractivity contribution in [1.82, 2.24) is 10.2 Å². The number of hydrogen-bond donors (Lipinski definition) is 1. The molecule has 1 saturated heterocycles. The van der Waals surface area contributed by atoms with Crippen molar-refractivity contribution < 1.29 is 22.8 Å². The van der Waals surface area contributed by atoms with E-state index in [0.717, 1.165) is 18.2 Å². The molecule has 1 aromatic rings. The number of hydrogen-bond acceptors (Lipinski definition) is 3. The molecule has 8 heteroatoms. The number of carbonyl (C=O) groups excluding carboxylic acids is 2. The van der Waals surface area contributed by atoms with Crippen LogP contribution in [0.5, 0.6) is 0 Å². The van der Waals surface area contributed by atoms with E-state index >= 15 is 0 Å². The molecule has 0 bridgehead atoms. The Bertz CT molecular complexity index is 651. The van der Waals surface area contributed by atoms with Gasteiger partial charge in [0.25, 0.3) is 5.91 Å². The second-order valence-corrected chi connectivity index (χ2v) is 4.68. The first-order valence-corrected chi connectivity index (χ1v) is 5.89. The first kappa shape index (κ1) is 14.8. The number of rotatable bonds is 2. The van der Waals surface area contributed by atoms with Crippen LogP contribution in [0.1, 0.15) is 18.1 Å². The molecule has 0 radical (unpaired) electrons. The molecule has 1 aromatic carbocycles. The van der Waals surface area contributed by atoms with Gasteiger partial charge in [-0.1, -0.05) is 12.1 Å². The minimum absolute atomic E-state index is 0.0103. The third-order valence-electron chi connectivity index (χ3n) is 3.27. The Morgan fingerprint density at radius 1 is 1.38 bits per heavy atom. The largest absolute Gasteiger partial charge is 0.416 e. The molecule has 1 atom stereocenters. The van der Waals surface area contributed by atoms with E-state index in [2.05, 4.69) is 5.32 Å². The predicted molar refractivity (Wildman–Crippen MR) is 64.7 cm³/mol. The van der Waals surface area contributed by atoms with Crippen LogP contribution in [0.3, 0.4) is 0 Å². The average molecular weight is 297 g/mol. The third kappa shape index (κ3) is 2.42. The topological polar surface area (TPSA) is 73.2 Å². The lowest BCUT2D eigenvalue weighted by molar-refractivity contribution is -0.138. The van der Waals surface area contributed by atoms with Crippen molar-refractivity contribution in [2.75, 3.05) is 6.54 Å². The van der Waals surface area contributed by atoms with E-state index in [9.17, 15) is 22.8 Å². The number of imide groups is 1. The highest BCUT2D eigenvalue weighted by atomic mass is 19.4. The predicted octanol–water partition coefficient (Wildman–Crippen LogP) is 2.00. The summed E-state index contributed by atoms with van der Waals surface area (Å²) in [7, 11) is 0. The minimum atomic E-state index is -4.55. The summed E-state index contributed by atoms with van der Waals surface area (Å²) in [5, 5.41) is 10.9. The lowest BCUT2D eigenvalue weighted by Gasteiger charge is -2.22. The van der Waals surface area contributed by atoms with Gasteiger partial charge in [-0.2, -0.15) is 18.4 Å². The van der Waals surface area contributed by atoms with Gasteiger partial charge in [-0.15, -0.1) is 0 Å². The van der Waals surface area contributed by atoms with Crippen LogP contribution >= 0.6 is 0 Å². The fourth-order valence-corrected chi connectivity index (χ4v) is 2.11. The van der Waals surface area contributed by atoms with Gasteiger partial charge in [0.2, 0.25) is 0 Å². The average Bonchev–Trinajstić information content (AvgIpc) is 2.63. The van der Waals surface area contributed by atoms with Gasteiger partial charge in [-0.25, -0.2) is 9.69 Å². The van der Waals surface area contributed by atoms with Gasteiger partial charge in [0.15, 0.2) is 0 Å². The molecule has 1 heterocycles. The first-order chi connectivity index (χ1) is 9.70. The molecule has 0 aliphatic carbocycles. The fourth-order valence-electron chi connectivity index (χ4n) is 2.11. The Balaban J connectivity index is 2.45. The number of amides is 3. The molecule has 1 aliphatic rings. The van der Waals surface area contributed by atoms with Gasteiger partial charge < -0.3 is 5.32 Å². The Kier molecular flexibility index (Phi) is 3.37. The molecule has 5 nitrogen and oxygen atoms in total. The summed E-state index contributed by atoms with van der Waals surface area (Å²) in [5.41, 5.74) is -2.52. The monoisotopic (exact) mass is 297 g/mol. The summed E-state index contributed by atoms with van der Waals surface area (Å²) in [4.78, 5) is 24.5. The molecule has 0 spiro atoms. The van der Waals surface area contributed by atoms with Crippen LogP contribution in [0.25, 0.3) is 0 Å². The van der Waals surface area contributed by atoms with E-state index < -0.39 is 35.8 Å². The summed E-state index contributed by atoms with van der Waals surface area (Å²) >= 11 is 0. The van der Waals surface area contributed by atoms with E-state index in [4.69, 9.17) is 5.26 Å². The summed E-state index contributed by atoms with van der Waals surface area (Å²) < 4.78 is 38.2. The maximum absolute atomic E-state index is 12.7. The smallest absolute Gasteiger partial charge is 0.319 e. The normalized spacial score (nSPS) is 22.1. The Labute approximate surface area is 118 Å². The maximum atomic E-state index is 12.7. The molecule has 2 rings (SSSR count). The van der Waals surface area contributed by atoms with E-state index in [1.165, 1.54) is 13.0 Å². The molecule has 110 valence electrons. The second kappa shape index (κ2) is 4.77. The minimum Gasteiger partial charge on any atom is -0.319 e. The number of alkyl halides is 3. The number of halogens is 3. The van der Waals surface area contributed by atoms with Crippen LogP contribution in [0.15, 0.2) is 24.3 Å². The molecule has 0 saturated carbocycles. The number of nitriles is 1. The molecule has 0 aromatic heterocycles. The summed E-state index contributed by atoms with van der Waals surface area (Å²) in [5.74, 6) is -0.756. The molecular weight excluding hydrogens is 287 g/mol. The van der Waals surface area contributed by atoms with Crippen molar-refractivity contribution in [3.63, 3.8) is 0 Å². The molecule has 1 N–H and O–H groups in total. The highest BCUT2D eigenvalue weighted by Gasteiger charge is 2.49. The zero-order chi connectivity index (χ0) is 15.8. The number of benzene rings is 1. The lowest BCUT2D eigenvalue weighted by Crippen LogP contribution is -2.41. The fraction of sp³-hybridized carbons (Fsp3) is 0.308. The highest BCUT2D eigenvalue weighted by molar-refractivity contribution is 6.07. The second-order valence-electron chi connectivity index (χ2n) is 4.68. The van der Waals surface area contributed by atoms with Crippen LogP contribution in [0.2, 0.25) is 0 Å². The molecular formula is C13H10F3N3O2. The Morgan fingerprint density at radius 3 is 2.62 bits per heavy atom. The highest BCUT2D eigenvalue weighted by Crippen LogP contribution is 2.34. The standard InChI is InChI=1S/C13H10F3N3O2/c1-12(10(20)19(6-5-17)11(21)18-12)8-3-2-4-9(7-8)13(14,15)16/h2-4,7H,6H2,1H3,(H,18,21)/t12-/m0/s1. The van der Waals surface area contributed by atoms with Crippen molar-refractivity contribution in [1.29, 1.82) is 5.26 Å². The van der Waals surface area contributed by atoms with Crippen molar-refractivity contribution >= 4 is 11.9 Å². The first-order valence-electron chi connectivity index (χ1n) is 5.89. The Morgan fingerprint density at radius 2 is 2.05 bits per heavy atom. The van der Waals surface area contributed by atoms with Gasteiger partial charge in [0, 0.05) is 0 Å². The van der Waals surface area contributed by atoms with Gasteiger partial charge in [0.1, 0.15) is 12.1 Å². The Hall–Kier alpha value is -2.56. The summed E-state index contributed by atoms with van der Waals surface area (Å²) in [6.07, 6.45) is -4.55. The number of nitrogens with zero attached hydrogens (tertiary/aromatic N) is 2. The van der Waals surface area contributed by atoms with Crippen molar-refractivity contribution in [3.05, 3.63) is 35.4 Å². The van der Waals surface area contributed by atoms with Crippen LogP contribution in [-0.2, 0) is 16.5 Å². The molecule has 3 amide bonds. The van der Waals surface area contributed by atoms with Gasteiger partial charge >= 0.3 is 12.2 Å². The lowest BCUT2D eigenvalue weighted by atomic mass is 9.90. The van der Waals surface area contributed by atoms with E-state index in [0.29, 0.717) is 4.90 Å². The van der Waals surface area contributed by atoms with E-state index in [-0.39, 0.29) is 5.56 Å². The van der Waals surface area contributed by atoms with Gasteiger partial charge in [-0.05, 0) is 24.6 Å². The molecule has 1 aliphatic heterocycles. The zero-order valence-corrected chi connectivity index (χ0v) is 10.9. The maximum Gasteiger partial charge on any atom is 0.416 e. The molecule has 21 heavy (non-hydrogen) atoms. The van der Waals surface area contributed by atoms with Crippen LogP contribution in [0.4, 0.5) is 18.0 Å². The molecule has 0 unspecified atom stereocenters. The number of nitrogens with one attached hydrogen (secondary N) is 1. The van der Waals surface area contributed by atoms with Crippen molar-refractivity contribution in [2.45, 2.75) is 18.6 Å².